The van der Waals surface area contributed by atoms with E-state index in [1.807, 2.05) is 18.7 Å². The Balaban J connectivity index is 3.31. The first-order valence-corrected chi connectivity index (χ1v) is 4.51. The molecule has 0 radical (unpaired) electrons. The Labute approximate surface area is 57.2 Å². The molecular weight excluding hydrogens is 137 g/mol. The first-order chi connectivity index (χ1) is 4.20. The largest absolute Gasteiger partial charge is 0.349 e. The lowest BCUT2D eigenvalue weighted by Crippen LogP contribution is -2.22. The van der Waals surface area contributed by atoms with Crippen molar-refractivity contribution in [1.82, 2.24) is 4.90 Å². The Kier molecular flexibility index (Phi) is 5.30. The monoisotopic (exact) mass is 151 g/mol. The zero-order valence-corrected chi connectivity index (χ0v) is 6.80. The van der Waals surface area contributed by atoms with E-state index in [0.717, 1.165) is 13.1 Å². The molecule has 2 N–H and O–H groups in total. The van der Waals surface area contributed by atoms with Crippen molar-refractivity contribution >= 4 is 8.38 Å². The van der Waals surface area contributed by atoms with Crippen LogP contribution in [-0.4, -0.2) is 34.1 Å². The summed E-state index contributed by atoms with van der Waals surface area (Å²) in [4.78, 5) is 19.1. The predicted octanol–water partition coefficient (Wildman–Crippen LogP) is 0.582. The van der Waals surface area contributed by atoms with Gasteiger partial charge >= 0.3 is 0 Å². The highest BCUT2D eigenvalue weighted by molar-refractivity contribution is 7.44. The third-order valence-corrected chi connectivity index (χ3v) is 1.87. The van der Waals surface area contributed by atoms with Gasteiger partial charge in [0.05, 0.1) is 6.29 Å². The Bertz CT molecular complexity index is 66.0. The van der Waals surface area contributed by atoms with E-state index < -0.39 is 8.38 Å². The molecule has 0 saturated carbocycles. The van der Waals surface area contributed by atoms with E-state index in [2.05, 4.69) is 0 Å². The Morgan fingerprint density at radius 3 is 1.78 bits per heavy atom. The summed E-state index contributed by atoms with van der Waals surface area (Å²) in [5, 5.41) is 0. The summed E-state index contributed by atoms with van der Waals surface area (Å²) in [6.07, 6.45) is 0.419. The molecule has 9 heavy (non-hydrogen) atoms. The molecule has 0 atom stereocenters. The average Bonchev–Trinajstić information content (AvgIpc) is 1.82. The second-order valence-electron chi connectivity index (χ2n) is 1.82. The van der Waals surface area contributed by atoms with E-state index in [1.54, 1.807) is 0 Å². The van der Waals surface area contributed by atoms with Crippen molar-refractivity contribution in [2.45, 2.75) is 13.8 Å². The van der Waals surface area contributed by atoms with Gasteiger partial charge < -0.3 is 9.79 Å². The van der Waals surface area contributed by atoms with Crippen LogP contribution in [0.4, 0.5) is 0 Å². The standard InChI is InChI=1S/C5H14NO2P/c1-3-6(4-2)5-9(7)8/h7-8H,3-5H2,1-2H3. The van der Waals surface area contributed by atoms with Crippen molar-refractivity contribution in [3.05, 3.63) is 0 Å². The summed E-state index contributed by atoms with van der Waals surface area (Å²) in [5.74, 6) is 0. The first kappa shape index (κ1) is 9.31. The van der Waals surface area contributed by atoms with Crippen LogP contribution in [0.15, 0.2) is 0 Å². The molecule has 0 heterocycles. The lowest BCUT2D eigenvalue weighted by Gasteiger charge is -2.17. The van der Waals surface area contributed by atoms with Crippen LogP contribution in [0, 0.1) is 0 Å². The van der Waals surface area contributed by atoms with Crippen LogP contribution < -0.4 is 0 Å². The predicted molar refractivity (Wildman–Crippen MR) is 39.1 cm³/mol. The van der Waals surface area contributed by atoms with E-state index >= 15 is 0 Å². The second-order valence-corrected chi connectivity index (χ2v) is 2.84. The molecular formula is C5H14NO2P. The van der Waals surface area contributed by atoms with Gasteiger partial charge in [0.25, 0.3) is 0 Å². The molecule has 3 nitrogen and oxygen atoms in total. The molecule has 56 valence electrons. The minimum absolute atomic E-state index is 0.419. The molecule has 0 aromatic carbocycles. The van der Waals surface area contributed by atoms with Crippen LogP contribution in [0.1, 0.15) is 13.8 Å². The minimum Gasteiger partial charge on any atom is -0.349 e. The highest BCUT2D eigenvalue weighted by atomic mass is 31.2. The minimum atomic E-state index is -1.73. The fourth-order valence-corrected chi connectivity index (χ4v) is 1.36. The van der Waals surface area contributed by atoms with E-state index in [-0.39, 0.29) is 0 Å². The lowest BCUT2D eigenvalue weighted by atomic mass is 10.6. The fraction of sp³-hybridized carbons (Fsp3) is 1.00. The van der Waals surface area contributed by atoms with Crippen molar-refractivity contribution < 1.29 is 9.79 Å². The molecule has 0 aliphatic heterocycles. The van der Waals surface area contributed by atoms with E-state index in [4.69, 9.17) is 9.79 Å². The third kappa shape index (κ3) is 4.79. The van der Waals surface area contributed by atoms with Gasteiger partial charge in [-0.1, -0.05) is 13.8 Å². The van der Waals surface area contributed by atoms with Gasteiger partial charge in [-0.05, 0) is 13.1 Å². The maximum Gasteiger partial charge on any atom is 0.180 e. The zero-order chi connectivity index (χ0) is 7.28. The van der Waals surface area contributed by atoms with Gasteiger partial charge in [0.15, 0.2) is 8.38 Å². The molecule has 0 bridgehead atoms. The maximum atomic E-state index is 8.56. The van der Waals surface area contributed by atoms with Crippen LogP contribution in [0.25, 0.3) is 0 Å². The molecule has 0 fully saturated rings. The number of rotatable bonds is 4. The Morgan fingerprint density at radius 2 is 1.67 bits per heavy atom. The molecule has 0 aromatic rings. The lowest BCUT2D eigenvalue weighted by molar-refractivity contribution is 0.330. The highest BCUT2D eigenvalue weighted by Gasteiger charge is 2.03. The third-order valence-electron chi connectivity index (χ3n) is 1.22. The average molecular weight is 151 g/mol. The van der Waals surface area contributed by atoms with Crippen molar-refractivity contribution in [3.63, 3.8) is 0 Å². The van der Waals surface area contributed by atoms with Gasteiger partial charge in [-0.2, -0.15) is 0 Å². The molecule has 0 rings (SSSR count). The van der Waals surface area contributed by atoms with Gasteiger partial charge in [0, 0.05) is 0 Å². The van der Waals surface area contributed by atoms with Gasteiger partial charge in [-0.15, -0.1) is 0 Å². The van der Waals surface area contributed by atoms with Crippen LogP contribution in [0.2, 0.25) is 0 Å². The summed E-state index contributed by atoms with van der Waals surface area (Å²) in [5.41, 5.74) is 0. The van der Waals surface area contributed by atoms with Crippen molar-refractivity contribution in [1.29, 1.82) is 0 Å². The van der Waals surface area contributed by atoms with Crippen molar-refractivity contribution in [3.8, 4) is 0 Å². The normalized spacial score (nSPS) is 11.3. The van der Waals surface area contributed by atoms with Gasteiger partial charge in [0.2, 0.25) is 0 Å². The Morgan fingerprint density at radius 1 is 1.22 bits per heavy atom. The fourth-order valence-electron chi connectivity index (χ4n) is 0.602. The maximum absolute atomic E-state index is 8.56. The van der Waals surface area contributed by atoms with Gasteiger partial charge in [-0.3, -0.25) is 4.90 Å². The van der Waals surface area contributed by atoms with E-state index in [9.17, 15) is 0 Å². The van der Waals surface area contributed by atoms with Gasteiger partial charge in [-0.25, -0.2) is 0 Å². The van der Waals surface area contributed by atoms with Crippen LogP contribution in [0.3, 0.4) is 0 Å². The topological polar surface area (TPSA) is 43.7 Å². The van der Waals surface area contributed by atoms with Gasteiger partial charge in [0.1, 0.15) is 0 Å². The second kappa shape index (κ2) is 5.12. The smallest absolute Gasteiger partial charge is 0.180 e. The highest BCUT2D eigenvalue weighted by Crippen LogP contribution is 2.23. The SMILES string of the molecule is CCN(CC)CP(O)O. The molecule has 0 aliphatic rings. The molecule has 0 aromatic heterocycles. The van der Waals surface area contributed by atoms with Crippen LogP contribution >= 0.6 is 8.38 Å². The summed E-state index contributed by atoms with van der Waals surface area (Å²) in [6, 6.07) is 0. The first-order valence-electron chi connectivity index (χ1n) is 3.08. The molecule has 0 aliphatic carbocycles. The summed E-state index contributed by atoms with van der Waals surface area (Å²) in [7, 11) is -1.73. The molecule has 4 heteroatoms. The quantitative estimate of drug-likeness (QED) is 0.578. The van der Waals surface area contributed by atoms with Crippen LogP contribution in [0.5, 0.6) is 0 Å². The van der Waals surface area contributed by atoms with E-state index in [1.165, 1.54) is 0 Å². The zero-order valence-electron chi connectivity index (χ0n) is 5.91. The van der Waals surface area contributed by atoms with E-state index in [0.29, 0.717) is 6.29 Å². The Hall–Kier alpha value is 0.310. The number of nitrogens with zero attached hydrogens (tertiary/aromatic N) is 1. The number of hydrogen-bond donors (Lipinski definition) is 2. The summed E-state index contributed by atoms with van der Waals surface area (Å²) < 4.78 is 0. The molecule has 0 unspecified atom stereocenters. The van der Waals surface area contributed by atoms with Crippen molar-refractivity contribution in [2.75, 3.05) is 19.4 Å². The summed E-state index contributed by atoms with van der Waals surface area (Å²) >= 11 is 0. The number of hydrogen-bond acceptors (Lipinski definition) is 3. The van der Waals surface area contributed by atoms with Crippen molar-refractivity contribution in [2.24, 2.45) is 0 Å². The molecule has 0 spiro atoms. The molecule has 0 saturated heterocycles. The molecule has 0 amide bonds. The summed E-state index contributed by atoms with van der Waals surface area (Å²) in [6.45, 7) is 5.78. The van der Waals surface area contributed by atoms with Crippen LogP contribution in [-0.2, 0) is 0 Å².